The second-order valence-electron chi connectivity index (χ2n) is 4.54. The van der Waals surface area contributed by atoms with E-state index in [1.54, 1.807) is 18.2 Å². The van der Waals surface area contributed by atoms with Gasteiger partial charge in [-0.2, -0.15) is 0 Å². The minimum absolute atomic E-state index is 0.369. The first-order chi connectivity index (χ1) is 8.95. The van der Waals surface area contributed by atoms with Crippen molar-refractivity contribution in [3.63, 3.8) is 0 Å². The largest absolute Gasteiger partial charge is 0.455 e. The Hall–Kier alpha value is -2.49. The van der Waals surface area contributed by atoms with Gasteiger partial charge in [0, 0.05) is 5.56 Å². The van der Waals surface area contributed by atoms with E-state index < -0.39 is 5.91 Å². The normalized spacial score (nSPS) is 10.2. The van der Waals surface area contributed by atoms with Crippen LogP contribution in [-0.4, -0.2) is 5.91 Å². The van der Waals surface area contributed by atoms with Gasteiger partial charge < -0.3 is 16.2 Å². The summed E-state index contributed by atoms with van der Waals surface area (Å²) in [6.07, 6.45) is 0. The van der Waals surface area contributed by atoms with Gasteiger partial charge >= 0.3 is 0 Å². The SMILES string of the molecule is Cc1cc(C)cc(Oc2cc(C(N)=O)ccc2N)c1. The molecule has 2 aromatic rings. The number of nitrogens with two attached hydrogens (primary N) is 2. The molecule has 0 fully saturated rings. The average Bonchev–Trinajstić information content (AvgIpc) is 2.30. The molecule has 4 N–H and O–H groups in total. The molecule has 0 spiro atoms. The number of anilines is 1. The molecule has 0 saturated heterocycles. The topological polar surface area (TPSA) is 78.3 Å². The van der Waals surface area contributed by atoms with Crippen LogP contribution >= 0.6 is 0 Å². The van der Waals surface area contributed by atoms with E-state index >= 15 is 0 Å². The molecule has 98 valence electrons. The fourth-order valence-corrected chi connectivity index (χ4v) is 1.89. The summed E-state index contributed by atoms with van der Waals surface area (Å²) in [4.78, 5) is 11.2. The van der Waals surface area contributed by atoms with E-state index in [0.717, 1.165) is 11.1 Å². The van der Waals surface area contributed by atoms with Crippen LogP contribution in [-0.2, 0) is 0 Å². The minimum atomic E-state index is -0.509. The number of ether oxygens (including phenoxy) is 1. The van der Waals surface area contributed by atoms with Crippen LogP contribution in [0.1, 0.15) is 21.5 Å². The van der Waals surface area contributed by atoms with Crippen molar-refractivity contribution in [2.45, 2.75) is 13.8 Å². The van der Waals surface area contributed by atoms with Gasteiger partial charge in [-0.05, 0) is 55.3 Å². The number of carbonyl (C=O) groups excluding carboxylic acids is 1. The number of primary amides is 1. The van der Waals surface area contributed by atoms with Crippen LogP contribution in [0.5, 0.6) is 11.5 Å². The molecular formula is C15H16N2O2. The molecule has 0 saturated carbocycles. The molecule has 0 atom stereocenters. The number of benzene rings is 2. The standard InChI is InChI=1S/C15H16N2O2/c1-9-5-10(2)7-12(6-9)19-14-8-11(15(17)18)3-4-13(14)16/h3-8H,16H2,1-2H3,(H2,17,18). The predicted molar refractivity (Wildman–Crippen MR) is 75.4 cm³/mol. The molecule has 0 heterocycles. The van der Waals surface area contributed by atoms with Crippen LogP contribution in [0, 0.1) is 13.8 Å². The van der Waals surface area contributed by atoms with Crippen molar-refractivity contribution in [1.29, 1.82) is 0 Å². The van der Waals surface area contributed by atoms with Gasteiger partial charge in [0.15, 0.2) is 5.75 Å². The van der Waals surface area contributed by atoms with Gasteiger partial charge in [-0.15, -0.1) is 0 Å². The lowest BCUT2D eigenvalue weighted by Crippen LogP contribution is -2.11. The second kappa shape index (κ2) is 5.02. The molecule has 0 aliphatic carbocycles. The summed E-state index contributed by atoms with van der Waals surface area (Å²) in [7, 11) is 0. The van der Waals surface area contributed by atoms with Crippen molar-refractivity contribution in [3.8, 4) is 11.5 Å². The lowest BCUT2D eigenvalue weighted by atomic mass is 10.1. The van der Waals surface area contributed by atoms with Gasteiger partial charge in [0.25, 0.3) is 0 Å². The number of rotatable bonds is 3. The van der Waals surface area contributed by atoms with Gasteiger partial charge in [-0.1, -0.05) is 6.07 Å². The highest BCUT2D eigenvalue weighted by atomic mass is 16.5. The van der Waals surface area contributed by atoms with Crippen molar-refractivity contribution >= 4 is 11.6 Å². The number of hydrogen-bond acceptors (Lipinski definition) is 3. The summed E-state index contributed by atoms with van der Waals surface area (Å²) in [5.74, 6) is 0.609. The van der Waals surface area contributed by atoms with Crippen LogP contribution in [0.15, 0.2) is 36.4 Å². The van der Waals surface area contributed by atoms with E-state index in [4.69, 9.17) is 16.2 Å². The van der Waals surface area contributed by atoms with Crippen LogP contribution in [0.4, 0.5) is 5.69 Å². The summed E-state index contributed by atoms with van der Waals surface area (Å²) >= 11 is 0. The van der Waals surface area contributed by atoms with Crippen molar-refractivity contribution < 1.29 is 9.53 Å². The summed E-state index contributed by atoms with van der Waals surface area (Å²) in [5.41, 5.74) is 14.1. The highest BCUT2D eigenvalue weighted by Gasteiger charge is 2.08. The van der Waals surface area contributed by atoms with Crippen LogP contribution in [0.2, 0.25) is 0 Å². The van der Waals surface area contributed by atoms with Gasteiger partial charge in [0.1, 0.15) is 5.75 Å². The molecule has 0 aromatic heterocycles. The first-order valence-electron chi connectivity index (χ1n) is 5.91. The van der Waals surface area contributed by atoms with Crippen molar-refractivity contribution in [2.75, 3.05) is 5.73 Å². The summed E-state index contributed by atoms with van der Waals surface area (Å²) < 4.78 is 5.73. The second-order valence-corrected chi connectivity index (χ2v) is 4.54. The lowest BCUT2D eigenvalue weighted by molar-refractivity contribution is 0.1000. The zero-order chi connectivity index (χ0) is 14.0. The molecule has 0 unspecified atom stereocenters. The number of aryl methyl sites for hydroxylation is 2. The van der Waals surface area contributed by atoms with Gasteiger partial charge in [0.05, 0.1) is 5.69 Å². The molecule has 0 aliphatic heterocycles. The molecular weight excluding hydrogens is 240 g/mol. The smallest absolute Gasteiger partial charge is 0.248 e. The van der Waals surface area contributed by atoms with Crippen LogP contribution in [0.3, 0.4) is 0 Å². The van der Waals surface area contributed by atoms with Crippen LogP contribution in [0.25, 0.3) is 0 Å². The van der Waals surface area contributed by atoms with E-state index in [9.17, 15) is 4.79 Å². The molecule has 1 amide bonds. The molecule has 19 heavy (non-hydrogen) atoms. The average molecular weight is 256 g/mol. The highest BCUT2D eigenvalue weighted by Crippen LogP contribution is 2.29. The maximum atomic E-state index is 11.2. The summed E-state index contributed by atoms with van der Waals surface area (Å²) in [6, 6.07) is 10.6. The minimum Gasteiger partial charge on any atom is -0.455 e. The Balaban J connectivity index is 2.37. The van der Waals surface area contributed by atoms with E-state index in [-0.39, 0.29) is 0 Å². The fourth-order valence-electron chi connectivity index (χ4n) is 1.89. The molecule has 4 nitrogen and oxygen atoms in total. The third-order valence-electron chi connectivity index (χ3n) is 2.72. The molecule has 4 heteroatoms. The van der Waals surface area contributed by atoms with Crippen molar-refractivity contribution in [3.05, 3.63) is 53.1 Å². The Morgan fingerprint density at radius 2 is 1.68 bits per heavy atom. The Morgan fingerprint density at radius 1 is 1.05 bits per heavy atom. The highest BCUT2D eigenvalue weighted by molar-refractivity contribution is 5.93. The Kier molecular flexibility index (Phi) is 3.42. The summed E-state index contributed by atoms with van der Waals surface area (Å²) in [6.45, 7) is 3.98. The lowest BCUT2D eigenvalue weighted by Gasteiger charge is -2.11. The maximum Gasteiger partial charge on any atom is 0.248 e. The van der Waals surface area contributed by atoms with E-state index in [1.165, 1.54) is 0 Å². The van der Waals surface area contributed by atoms with Crippen molar-refractivity contribution in [1.82, 2.24) is 0 Å². The maximum absolute atomic E-state index is 11.2. The Bertz CT molecular complexity index is 616. The fraction of sp³-hybridized carbons (Fsp3) is 0.133. The van der Waals surface area contributed by atoms with Gasteiger partial charge in [-0.25, -0.2) is 0 Å². The molecule has 0 aliphatic rings. The quantitative estimate of drug-likeness (QED) is 0.829. The number of hydrogen-bond donors (Lipinski definition) is 2. The molecule has 0 radical (unpaired) electrons. The van der Waals surface area contributed by atoms with E-state index in [1.807, 2.05) is 26.0 Å². The zero-order valence-electron chi connectivity index (χ0n) is 10.9. The van der Waals surface area contributed by atoms with Crippen molar-refractivity contribution in [2.24, 2.45) is 5.73 Å². The third kappa shape index (κ3) is 3.04. The Labute approximate surface area is 112 Å². The number of carbonyl (C=O) groups is 1. The van der Waals surface area contributed by atoms with E-state index in [2.05, 4.69) is 6.07 Å². The predicted octanol–water partition coefficient (Wildman–Crippen LogP) is 2.78. The first kappa shape index (κ1) is 13.0. The monoisotopic (exact) mass is 256 g/mol. The zero-order valence-corrected chi connectivity index (χ0v) is 10.9. The first-order valence-corrected chi connectivity index (χ1v) is 5.91. The van der Waals surface area contributed by atoms with Gasteiger partial charge in [0.2, 0.25) is 5.91 Å². The third-order valence-corrected chi connectivity index (χ3v) is 2.72. The Morgan fingerprint density at radius 3 is 2.26 bits per heavy atom. The molecule has 0 bridgehead atoms. The number of nitrogen functional groups attached to an aromatic ring is 1. The van der Waals surface area contributed by atoms with Crippen LogP contribution < -0.4 is 16.2 Å². The van der Waals surface area contributed by atoms with Gasteiger partial charge in [-0.3, -0.25) is 4.79 Å². The number of amides is 1. The molecule has 2 rings (SSSR count). The molecule has 2 aromatic carbocycles. The van der Waals surface area contributed by atoms with E-state index in [0.29, 0.717) is 22.7 Å². The summed E-state index contributed by atoms with van der Waals surface area (Å²) in [5, 5.41) is 0.